The van der Waals surface area contributed by atoms with Crippen molar-refractivity contribution in [1.82, 2.24) is 0 Å². The molecule has 0 fully saturated rings. The Kier molecular flexibility index (Phi) is 2.07. The molecule has 82 valence electrons. The molecule has 0 saturated heterocycles. The van der Waals surface area contributed by atoms with Gasteiger partial charge in [-0.05, 0) is 11.0 Å². The van der Waals surface area contributed by atoms with E-state index < -0.39 is 5.85 Å². The second kappa shape index (κ2) is 2.97. The van der Waals surface area contributed by atoms with Crippen LogP contribution in [0.4, 0.5) is 4.39 Å². The van der Waals surface area contributed by atoms with Gasteiger partial charge >= 0.3 is 0 Å². The van der Waals surface area contributed by atoms with Gasteiger partial charge in [-0.15, -0.1) is 0 Å². The summed E-state index contributed by atoms with van der Waals surface area (Å²) in [6.45, 7) is 7.82. The fourth-order valence-electron chi connectivity index (χ4n) is 2.02. The van der Waals surface area contributed by atoms with Crippen molar-refractivity contribution < 1.29 is 9.13 Å². The molecule has 15 heavy (non-hydrogen) atoms. The summed E-state index contributed by atoms with van der Waals surface area (Å²) in [5.74, 6) is -0.793. The smallest absolute Gasteiger partial charge is 0.249 e. The molecule has 0 aliphatic carbocycles. The largest absolute Gasteiger partial charge is 0.457 e. The maximum absolute atomic E-state index is 13.7. The number of hydrogen-bond donors (Lipinski definition) is 0. The highest BCUT2D eigenvalue weighted by molar-refractivity contribution is 5.48. The first-order valence-electron chi connectivity index (χ1n) is 5.30. The van der Waals surface area contributed by atoms with E-state index in [0.717, 1.165) is 16.9 Å². The molecule has 2 heteroatoms. The van der Waals surface area contributed by atoms with Gasteiger partial charge < -0.3 is 4.74 Å². The van der Waals surface area contributed by atoms with Gasteiger partial charge in [-0.3, -0.25) is 0 Å². The number of para-hydroxylation sites is 1. The summed E-state index contributed by atoms with van der Waals surface area (Å²) < 4.78 is 19.1. The zero-order valence-electron chi connectivity index (χ0n) is 9.73. The fraction of sp³-hybridized carbons (Fsp3) is 0.538. The quantitative estimate of drug-likeness (QED) is 0.633. The Bertz CT molecular complexity index is 388. The molecule has 1 aromatic carbocycles. The first-order chi connectivity index (χ1) is 6.80. The summed E-state index contributed by atoms with van der Waals surface area (Å²) in [6, 6.07) is 5.93. The number of hydrogen-bond acceptors (Lipinski definition) is 1. The third kappa shape index (κ3) is 1.85. The van der Waals surface area contributed by atoms with Crippen LogP contribution in [0.3, 0.4) is 0 Å². The van der Waals surface area contributed by atoms with Crippen molar-refractivity contribution in [2.75, 3.05) is 0 Å². The van der Waals surface area contributed by atoms with Gasteiger partial charge in [0, 0.05) is 18.9 Å². The van der Waals surface area contributed by atoms with E-state index >= 15 is 0 Å². The average molecular weight is 208 g/mol. The lowest BCUT2D eigenvalue weighted by molar-refractivity contribution is -0.0244. The lowest BCUT2D eigenvalue weighted by Gasteiger charge is -2.22. The normalized spacial score (nSPS) is 24.9. The summed E-state index contributed by atoms with van der Waals surface area (Å²) in [5.41, 5.74) is 2.06. The second-order valence-electron chi connectivity index (χ2n) is 5.42. The molecule has 1 aromatic rings. The van der Waals surface area contributed by atoms with Crippen LogP contribution in [0.15, 0.2) is 18.2 Å². The highest BCUT2D eigenvalue weighted by atomic mass is 19.2. The number of rotatable bonds is 0. The predicted molar refractivity (Wildman–Crippen MR) is 59.0 cm³/mol. The Hall–Kier alpha value is -1.05. The first kappa shape index (κ1) is 10.5. The van der Waals surface area contributed by atoms with Gasteiger partial charge in [0.1, 0.15) is 5.75 Å². The van der Waals surface area contributed by atoms with E-state index in [0.29, 0.717) is 6.42 Å². The molecule has 1 unspecified atom stereocenters. The molecule has 1 aliphatic rings. The monoisotopic (exact) mass is 208 g/mol. The summed E-state index contributed by atoms with van der Waals surface area (Å²) in [5, 5.41) is 0. The van der Waals surface area contributed by atoms with Crippen LogP contribution in [-0.4, -0.2) is 5.85 Å². The van der Waals surface area contributed by atoms with Crippen molar-refractivity contribution in [2.24, 2.45) is 0 Å². The molecule has 1 aliphatic heterocycles. The third-order valence-electron chi connectivity index (χ3n) is 2.73. The Balaban J connectivity index is 2.51. The minimum Gasteiger partial charge on any atom is -0.457 e. The van der Waals surface area contributed by atoms with Gasteiger partial charge in [0.25, 0.3) is 0 Å². The third-order valence-corrected chi connectivity index (χ3v) is 2.73. The van der Waals surface area contributed by atoms with E-state index in [2.05, 4.69) is 20.8 Å². The van der Waals surface area contributed by atoms with E-state index in [-0.39, 0.29) is 5.41 Å². The van der Waals surface area contributed by atoms with Crippen LogP contribution in [0.2, 0.25) is 0 Å². The first-order valence-corrected chi connectivity index (χ1v) is 5.30. The van der Waals surface area contributed by atoms with Crippen LogP contribution in [0.5, 0.6) is 5.75 Å². The maximum atomic E-state index is 13.7. The standard InChI is InChI=1S/C13H17FO/c1-12(2,3)10-7-5-6-9-8-13(4,14)15-11(9)10/h5-7H,8H2,1-4H3. The fourth-order valence-corrected chi connectivity index (χ4v) is 2.02. The number of alkyl halides is 1. The van der Waals surface area contributed by atoms with E-state index in [1.807, 2.05) is 18.2 Å². The van der Waals surface area contributed by atoms with Crippen molar-refractivity contribution in [1.29, 1.82) is 0 Å². The highest BCUT2D eigenvalue weighted by Gasteiger charge is 2.37. The van der Waals surface area contributed by atoms with Gasteiger partial charge in [0.2, 0.25) is 5.85 Å². The van der Waals surface area contributed by atoms with Crippen molar-refractivity contribution in [3.8, 4) is 5.75 Å². The Morgan fingerprint density at radius 1 is 1.33 bits per heavy atom. The molecule has 0 saturated carbocycles. The number of ether oxygens (including phenoxy) is 1. The predicted octanol–water partition coefficient (Wildman–Crippen LogP) is 3.60. The second-order valence-corrected chi connectivity index (χ2v) is 5.42. The van der Waals surface area contributed by atoms with Crippen molar-refractivity contribution in [2.45, 2.75) is 45.4 Å². The van der Waals surface area contributed by atoms with Crippen LogP contribution in [-0.2, 0) is 11.8 Å². The summed E-state index contributed by atoms with van der Waals surface area (Å²) in [6.07, 6.45) is 0.353. The van der Waals surface area contributed by atoms with Gasteiger partial charge in [0.15, 0.2) is 0 Å². The molecule has 0 bridgehead atoms. The molecule has 1 atom stereocenters. The average Bonchev–Trinajstić information content (AvgIpc) is 2.35. The van der Waals surface area contributed by atoms with E-state index in [9.17, 15) is 4.39 Å². The van der Waals surface area contributed by atoms with E-state index in [1.165, 1.54) is 6.92 Å². The van der Waals surface area contributed by atoms with Crippen molar-refractivity contribution in [3.05, 3.63) is 29.3 Å². The summed E-state index contributed by atoms with van der Waals surface area (Å²) in [4.78, 5) is 0. The minimum absolute atomic E-state index is 0.00817. The highest BCUT2D eigenvalue weighted by Crippen LogP contribution is 2.42. The number of benzene rings is 1. The zero-order valence-corrected chi connectivity index (χ0v) is 9.73. The molecule has 0 spiro atoms. The van der Waals surface area contributed by atoms with Crippen LogP contribution in [0.1, 0.15) is 38.8 Å². The Morgan fingerprint density at radius 3 is 2.60 bits per heavy atom. The minimum atomic E-state index is -1.54. The Labute approximate surface area is 90.3 Å². The molecular formula is C13H17FO. The lowest BCUT2D eigenvalue weighted by atomic mass is 9.85. The maximum Gasteiger partial charge on any atom is 0.249 e. The molecular weight excluding hydrogens is 191 g/mol. The van der Waals surface area contributed by atoms with Crippen LogP contribution in [0, 0.1) is 0 Å². The van der Waals surface area contributed by atoms with Gasteiger partial charge in [-0.25, -0.2) is 0 Å². The van der Waals surface area contributed by atoms with Gasteiger partial charge in [-0.2, -0.15) is 4.39 Å². The number of halogens is 1. The molecule has 0 N–H and O–H groups in total. The zero-order chi connectivity index (χ0) is 11.3. The molecule has 0 aromatic heterocycles. The van der Waals surface area contributed by atoms with Crippen LogP contribution >= 0.6 is 0 Å². The van der Waals surface area contributed by atoms with Gasteiger partial charge in [-0.1, -0.05) is 39.0 Å². The lowest BCUT2D eigenvalue weighted by Crippen LogP contribution is -2.23. The molecule has 1 nitrogen and oxygen atoms in total. The molecule has 0 radical (unpaired) electrons. The molecule has 0 amide bonds. The Morgan fingerprint density at radius 2 is 2.00 bits per heavy atom. The topological polar surface area (TPSA) is 9.23 Å². The molecule has 2 rings (SSSR count). The SMILES string of the molecule is CC1(F)Cc2cccc(C(C)(C)C)c2O1. The van der Waals surface area contributed by atoms with Crippen LogP contribution < -0.4 is 4.74 Å². The molecule has 1 heterocycles. The summed E-state index contributed by atoms with van der Waals surface area (Å²) >= 11 is 0. The number of fused-ring (bicyclic) bond motifs is 1. The van der Waals surface area contributed by atoms with E-state index in [1.54, 1.807) is 0 Å². The van der Waals surface area contributed by atoms with Gasteiger partial charge in [0.05, 0.1) is 0 Å². The summed E-state index contributed by atoms with van der Waals surface area (Å²) in [7, 11) is 0. The van der Waals surface area contributed by atoms with Crippen molar-refractivity contribution in [3.63, 3.8) is 0 Å². The van der Waals surface area contributed by atoms with E-state index in [4.69, 9.17) is 4.74 Å². The van der Waals surface area contributed by atoms with Crippen LogP contribution in [0.25, 0.3) is 0 Å². The van der Waals surface area contributed by atoms with Crippen molar-refractivity contribution >= 4 is 0 Å².